The zero-order chi connectivity index (χ0) is 14.0. The molecule has 4 nitrogen and oxygen atoms in total. The second-order valence-electron chi connectivity index (χ2n) is 5.34. The molecule has 0 aromatic heterocycles. The highest BCUT2D eigenvalue weighted by molar-refractivity contribution is 5.99. The quantitative estimate of drug-likeness (QED) is 0.796. The van der Waals surface area contributed by atoms with Crippen LogP contribution >= 0.6 is 0 Å². The van der Waals surface area contributed by atoms with Crippen LogP contribution in [0.5, 0.6) is 0 Å². The van der Waals surface area contributed by atoms with E-state index in [0.717, 1.165) is 19.5 Å². The van der Waals surface area contributed by atoms with Crippen molar-refractivity contribution >= 4 is 11.6 Å². The molecule has 1 aromatic carbocycles. The fourth-order valence-corrected chi connectivity index (χ4v) is 2.56. The molecule has 1 heterocycles. The van der Waals surface area contributed by atoms with Gasteiger partial charge in [-0.1, -0.05) is 6.92 Å². The summed E-state index contributed by atoms with van der Waals surface area (Å²) in [5.74, 6) is -0.259. The smallest absolute Gasteiger partial charge is 0.253 e. The summed E-state index contributed by atoms with van der Waals surface area (Å²) in [7, 11) is 2.08. The number of carbonyl (C=O) groups excluding carboxylic acids is 1. The number of carbonyl (C=O) groups is 1. The number of nitrogens with two attached hydrogens (primary N) is 1. The van der Waals surface area contributed by atoms with E-state index >= 15 is 0 Å². The van der Waals surface area contributed by atoms with Crippen molar-refractivity contribution in [3.8, 4) is 0 Å². The number of anilines is 1. The summed E-state index contributed by atoms with van der Waals surface area (Å²) in [6.45, 7) is 4.05. The van der Waals surface area contributed by atoms with Gasteiger partial charge in [0.2, 0.25) is 0 Å². The van der Waals surface area contributed by atoms with E-state index < -0.39 is 5.82 Å². The highest BCUT2D eigenvalue weighted by Crippen LogP contribution is 2.18. The topological polar surface area (TPSA) is 58.4 Å². The summed E-state index contributed by atoms with van der Waals surface area (Å²) in [5.41, 5.74) is 6.19. The lowest BCUT2D eigenvalue weighted by molar-refractivity contribution is 0.0884. The molecule has 5 heteroatoms. The van der Waals surface area contributed by atoms with E-state index in [9.17, 15) is 9.18 Å². The predicted molar refractivity (Wildman–Crippen MR) is 73.3 cm³/mol. The van der Waals surface area contributed by atoms with E-state index in [2.05, 4.69) is 24.2 Å². The van der Waals surface area contributed by atoms with Gasteiger partial charge in [0, 0.05) is 18.3 Å². The predicted octanol–water partition coefficient (Wildman–Crippen LogP) is 1.48. The molecule has 2 rings (SSSR count). The molecule has 0 spiro atoms. The Hall–Kier alpha value is -1.62. The average molecular weight is 265 g/mol. The van der Waals surface area contributed by atoms with Gasteiger partial charge in [-0.3, -0.25) is 4.79 Å². The Morgan fingerprint density at radius 2 is 2.26 bits per heavy atom. The summed E-state index contributed by atoms with van der Waals surface area (Å²) in [4.78, 5) is 14.4. The summed E-state index contributed by atoms with van der Waals surface area (Å²) in [6, 6.07) is 4.00. The van der Waals surface area contributed by atoms with Crippen molar-refractivity contribution in [3.63, 3.8) is 0 Å². The number of amides is 1. The first-order chi connectivity index (χ1) is 8.97. The summed E-state index contributed by atoms with van der Waals surface area (Å²) < 4.78 is 13.0. The number of halogens is 1. The van der Waals surface area contributed by atoms with E-state index in [4.69, 9.17) is 5.73 Å². The highest BCUT2D eigenvalue weighted by atomic mass is 19.1. The highest BCUT2D eigenvalue weighted by Gasteiger charge is 2.26. The van der Waals surface area contributed by atoms with E-state index in [1.165, 1.54) is 18.2 Å². The first-order valence-electron chi connectivity index (χ1n) is 6.52. The van der Waals surface area contributed by atoms with Crippen LogP contribution in [0.15, 0.2) is 18.2 Å². The van der Waals surface area contributed by atoms with Gasteiger partial charge in [0.05, 0.1) is 5.56 Å². The Morgan fingerprint density at radius 1 is 1.53 bits per heavy atom. The Kier molecular flexibility index (Phi) is 4.04. The van der Waals surface area contributed by atoms with Crippen LogP contribution in [0.4, 0.5) is 10.1 Å². The third kappa shape index (κ3) is 3.23. The Morgan fingerprint density at radius 3 is 2.89 bits per heavy atom. The van der Waals surface area contributed by atoms with Gasteiger partial charge < -0.3 is 16.0 Å². The second kappa shape index (κ2) is 5.57. The number of hydrogen-bond acceptors (Lipinski definition) is 3. The van der Waals surface area contributed by atoms with Gasteiger partial charge in [-0.25, -0.2) is 4.39 Å². The molecule has 3 N–H and O–H groups in total. The number of rotatable bonds is 2. The number of nitrogens with one attached hydrogen (secondary N) is 1. The van der Waals surface area contributed by atoms with Crippen molar-refractivity contribution in [1.82, 2.24) is 10.2 Å². The molecule has 1 amide bonds. The van der Waals surface area contributed by atoms with Crippen molar-refractivity contribution < 1.29 is 9.18 Å². The standard InChI is InChI=1S/C14H20FN3O/c1-9-8-18(2)6-5-13(9)17-14(19)11-4-3-10(15)7-12(11)16/h3-4,7,9,13H,5-6,8,16H2,1-2H3,(H,17,19). The average Bonchev–Trinajstić information content (AvgIpc) is 2.32. The van der Waals surface area contributed by atoms with Gasteiger partial charge in [0.1, 0.15) is 5.82 Å². The molecule has 104 valence electrons. The molecule has 0 saturated carbocycles. The minimum atomic E-state index is -0.429. The van der Waals surface area contributed by atoms with Gasteiger partial charge in [0.25, 0.3) is 5.91 Å². The molecule has 1 aliphatic rings. The lowest BCUT2D eigenvalue weighted by Gasteiger charge is -2.35. The van der Waals surface area contributed by atoms with Crippen LogP contribution in [0, 0.1) is 11.7 Å². The van der Waals surface area contributed by atoms with E-state index in [1.54, 1.807) is 0 Å². The number of likely N-dealkylation sites (tertiary alicyclic amines) is 1. The van der Waals surface area contributed by atoms with Crippen molar-refractivity contribution in [2.75, 3.05) is 25.9 Å². The molecule has 1 fully saturated rings. The van der Waals surface area contributed by atoms with Gasteiger partial charge in [0.15, 0.2) is 0 Å². The Bertz CT molecular complexity index is 478. The zero-order valence-electron chi connectivity index (χ0n) is 11.3. The minimum Gasteiger partial charge on any atom is -0.398 e. The second-order valence-corrected chi connectivity index (χ2v) is 5.34. The van der Waals surface area contributed by atoms with Gasteiger partial charge in [-0.2, -0.15) is 0 Å². The number of benzene rings is 1. The third-order valence-electron chi connectivity index (χ3n) is 3.68. The maximum absolute atomic E-state index is 13.0. The summed E-state index contributed by atoms with van der Waals surface area (Å²) in [6.07, 6.45) is 0.921. The maximum atomic E-state index is 13.0. The molecule has 0 radical (unpaired) electrons. The molecule has 1 aromatic rings. The number of hydrogen-bond donors (Lipinski definition) is 2. The van der Waals surface area contributed by atoms with Crippen LogP contribution in [-0.4, -0.2) is 37.0 Å². The Balaban J connectivity index is 2.04. The van der Waals surface area contributed by atoms with E-state index in [1.807, 2.05) is 0 Å². The molecule has 1 aliphatic heterocycles. The van der Waals surface area contributed by atoms with Crippen LogP contribution in [0.3, 0.4) is 0 Å². The molecular weight excluding hydrogens is 245 g/mol. The molecule has 2 unspecified atom stereocenters. The molecule has 0 bridgehead atoms. The summed E-state index contributed by atoms with van der Waals surface area (Å²) >= 11 is 0. The number of nitrogen functional groups attached to an aromatic ring is 1. The first kappa shape index (κ1) is 13.8. The number of nitrogens with zero attached hydrogens (tertiary/aromatic N) is 1. The van der Waals surface area contributed by atoms with Crippen LogP contribution in [0.2, 0.25) is 0 Å². The third-order valence-corrected chi connectivity index (χ3v) is 3.68. The molecular formula is C14H20FN3O. The zero-order valence-corrected chi connectivity index (χ0v) is 11.3. The minimum absolute atomic E-state index is 0.146. The van der Waals surface area contributed by atoms with Crippen molar-refractivity contribution in [1.29, 1.82) is 0 Å². The van der Waals surface area contributed by atoms with Crippen LogP contribution in [-0.2, 0) is 0 Å². The van der Waals surface area contributed by atoms with Crippen molar-refractivity contribution in [2.24, 2.45) is 5.92 Å². The van der Waals surface area contributed by atoms with Crippen LogP contribution < -0.4 is 11.1 Å². The van der Waals surface area contributed by atoms with Gasteiger partial charge >= 0.3 is 0 Å². The number of piperidine rings is 1. The van der Waals surface area contributed by atoms with Crippen molar-refractivity contribution in [2.45, 2.75) is 19.4 Å². The van der Waals surface area contributed by atoms with E-state index in [0.29, 0.717) is 11.5 Å². The first-order valence-corrected chi connectivity index (χ1v) is 6.52. The van der Waals surface area contributed by atoms with Crippen LogP contribution in [0.1, 0.15) is 23.7 Å². The monoisotopic (exact) mass is 265 g/mol. The molecule has 2 atom stereocenters. The van der Waals surface area contributed by atoms with Crippen LogP contribution in [0.25, 0.3) is 0 Å². The molecule has 1 saturated heterocycles. The van der Waals surface area contributed by atoms with Gasteiger partial charge in [-0.15, -0.1) is 0 Å². The SMILES string of the molecule is CC1CN(C)CCC1NC(=O)c1ccc(F)cc1N. The molecule has 0 aliphatic carbocycles. The lowest BCUT2D eigenvalue weighted by atomic mass is 9.94. The van der Waals surface area contributed by atoms with Gasteiger partial charge in [-0.05, 0) is 44.1 Å². The largest absolute Gasteiger partial charge is 0.398 e. The fourth-order valence-electron chi connectivity index (χ4n) is 2.56. The molecule has 19 heavy (non-hydrogen) atoms. The normalized spacial score (nSPS) is 24.2. The Labute approximate surface area is 112 Å². The fraction of sp³-hybridized carbons (Fsp3) is 0.500. The lowest BCUT2D eigenvalue weighted by Crippen LogP contribution is -2.48. The van der Waals surface area contributed by atoms with E-state index in [-0.39, 0.29) is 17.6 Å². The van der Waals surface area contributed by atoms with Crippen molar-refractivity contribution in [3.05, 3.63) is 29.6 Å². The maximum Gasteiger partial charge on any atom is 0.253 e. The summed E-state index contributed by atoms with van der Waals surface area (Å²) in [5, 5.41) is 3.00.